The number of ketones is 1. The van der Waals surface area contributed by atoms with Crippen LogP contribution in [-0.4, -0.2) is 59.3 Å². The number of benzene rings is 1. The third-order valence-corrected chi connectivity index (χ3v) is 13.3. The number of aryl methyl sites for hydroxylation is 1. The summed E-state index contributed by atoms with van der Waals surface area (Å²) in [5, 5.41) is 1.75. The summed E-state index contributed by atoms with van der Waals surface area (Å²) in [5.41, 5.74) is 2.03. The second kappa shape index (κ2) is 10.8. The smallest absolute Gasteiger partial charge is 0.194 e. The minimum absolute atomic E-state index is 0.136. The Hall–Kier alpha value is -1.85. The van der Waals surface area contributed by atoms with Crippen molar-refractivity contribution >= 4 is 48.3 Å². The van der Waals surface area contributed by atoms with E-state index in [-0.39, 0.29) is 10.8 Å². The highest BCUT2D eigenvalue weighted by atomic mass is 35.5. The minimum Gasteiger partial charge on any atom is -0.417 e. The Kier molecular flexibility index (Phi) is 7.97. The van der Waals surface area contributed by atoms with E-state index in [2.05, 4.69) is 43.8 Å². The van der Waals surface area contributed by atoms with Gasteiger partial charge < -0.3 is 23.2 Å². The molecule has 40 heavy (non-hydrogen) atoms. The minimum atomic E-state index is -1.86. The molecule has 2 fully saturated rings. The first-order chi connectivity index (χ1) is 18.7. The standard InChI is InChI=1S/C29H37Cl2N3O5Si/c1-28(2,3)40(6,7)36-14-8-9-17-15-18(30)10-11-19(17)21(35)22-23-24(39-29(4,5)38-23)27(37-22)34-13-12-20-25(31)32-16-33-26(20)34/h10-13,15-16,22-24,27H,8-9,14H2,1-7H3/t22-,23-,24-,27-/m1/s1. The van der Waals surface area contributed by atoms with E-state index in [1.165, 1.54) is 6.33 Å². The Morgan fingerprint density at radius 2 is 1.85 bits per heavy atom. The highest BCUT2D eigenvalue weighted by Gasteiger charge is 2.58. The Balaban J connectivity index is 1.39. The van der Waals surface area contributed by atoms with Gasteiger partial charge in [0.05, 0.1) is 5.39 Å². The molecule has 0 bridgehead atoms. The number of nitrogens with zero attached hydrogens (tertiary/aromatic N) is 3. The molecule has 0 amide bonds. The first-order valence-corrected chi connectivity index (χ1v) is 17.3. The summed E-state index contributed by atoms with van der Waals surface area (Å²) in [6.07, 6.45) is 2.00. The molecule has 3 aromatic rings. The molecule has 0 aliphatic carbocycles. The molecule has 5 rings (SSSR count). The van der Waals surface area contributed by atoms with Gasteiger partial charge in [0.2, 0.25) is 0 Å². The largest absolute Gasteiger partial charge is 0.417 e. The summed E-state index contributed by atoms with van der Waals surface area (Å²) in [5.74, 6) is -1.05. The van der Waals surface area contributed by atoms with Gasteiger partial charge in [-0.1, -0.05) is 44.0 Å². The summed E-state index contributed by atoms with van der Waals surface area (Å²) >= 11 is 12.7. The average Bonchev–Trinajstić information content (AvgIpc) is 3.52. The van der Waals surface area contributed by atoms with Gasteiger partial charge in [-0.3, -0.25) is 4.79 Å². The summed E-state index contributed by atoms with van der Waals surface area (Å²) in [4.78, 5) is 22.6. The predicted molar refractivity (Wildman–Crippen MR) is 158 cm³/mol. The van der Waals surface area contributed by atoms with Crippen LogP contribution in [-0.2, 0) is 25.1 Å². The number of halogens is 2. The zero-order chi connectivity index (χ0) is 29.0. The number of hydrogen-bond donors (Lipinski definition) is 0. The van der Waals surface area contributed by atoms with Gasteiger partial charge in [0, 0.05) is 23.4 Å². The zero-order valence-electron chi connectivity index (χ0n) is 24.0. The van der Waals surface area contributed by atoms with Gasteiger partial charge in [-0.05, 0) is 74.7 Å². The van der Waals surface area contributed by atoms with Gasteiger partial charge in [0.15, 0.2) is 32.2 Å². The third-order valence-electron chi connectivity index (χ3n) is 8.21. The van der Waals surface area contributed by atoms with Crippen LogP contribution in [0, 0.1) is 0 Å². The lowest BCUT2D eigenvalue weighted by atomic mass is 9.94. The van der Waals surface area contributed by atoms with E-state index in [0.717, 1.165) is 12.0 Å². The van der Waals surface area contributed by atoms with Crippen molar-refractivity contribution in [3.63, 3.8) is 0 Å². The molecular formula is C29H37Cl2N3O5Si. The summed E-state index contributed by atoms with van der Waals surface area (Å²) in [6.45, 7) is 15.5. The number of rotatable bonds is 8. The molecule has 2 saturated heterocycles. The molecule has 4 heterocycles. The number of carbonyl (C=O) groups is 1. The first kappa shape index (κ1) is 29.6. The number of carbonyl (C=O) groups excluding carboxylic acids is 1. The molecule has 2 aliphatic heterocycles. The van der Waals surface area contributed by atoms with Crippen molar-refractivity contribution in [1.29, 1.82) is 0 Å². The maximum atomic E-state index is 14.1. The first-order valence-electron chi connectivity index (χ1n) is 13.6. The molecule has 8 nitrogen and oxygen atoms in total. The number of hydrogen-bond acceptors (Lipinski definition) is 7. The molecule has 1 aromatic carbocycles. The average molecular weight is 607 g/mol. The quantitative estimate of drug-likeness (QED) is 0.118. The molecule has 0 radical (unpaired) electrons. The van der Waals surface area contributed by atoms with Crippen LogP contribution >= 0.6 is 23.2 Å². The van der Waals surface area contributed by atoms with Crippen LogP contribution in [0.15, 0.2) is 36.8 Å². The van der Waals surface area contributed by atoms with E-state index in [4.69, 9.17) is 41.8 Å². The number of ether oxygens (including phenoxy) is 3. The fraction of sp³-hybridized carbons (Fsp3) is 0.552. The van der Waals surface area contributed by atoms with Crippen molar-refractivity contribution in [3.05, 3.63) is 58.1 Å². The lowest BCUT2D eigenvalue weighted by molar-refractivity contribution is -0.190. The molecule has 2 aromatic heterocycles. The van der Waals surface area contributed by atoms with Gasteiger partial charge >= 0.3 is 0 Å². The van der Waals surface area contributed by atoms with Gasteiger partial charge in [0.25, 0.3) is 0 Å². The van der Waals surface area contributed by atoms with E-state index in [9.17, 15) is 4.79 Å². The second-order valence-corrected chi connectivity index (χ2v) is 18.1. The van der Waals surface area contributed by atoms with Gasteiger partial charge in [-0.2, -0.15) is 0 Å². The van der Waals surface area contributed by atoms with Crippen LogP contribution in [0.1, 0.15) is 63.2 Å². The fourth-order valence-electron chi connectivity index (χ4n) is 5.13. The molecule has 216 valence electrons. The maximum Gasteiger partial charge on any atom is 0.194 e. The third kappa shape index (κ3) is 5.62. The van der Waals surface area contributed by atoms with E-state index in [1.54, 1.807) is 12.1 Å². The molecule has 2 aliphatic rings. The zero-order valence-corrected chi connectivity index (χ0v) is 26.5. The van der Waals surface area contributed by atoms with Crippen molar-refractivity contribution in [3.8, 4) is 0 Å². The summed E-state index contributed by atoms with van der Waals surface area (Å²) in [7, 11) is -1.86. The Labute approximate surface area is 246 Å². The van der Waals surface area contributed by atoms with Crippen molar-refractivity contribution in [1.82, 2.24) is 14.5 Å². The molecule has 0 unspecified atom stereocenters. The topological polar surface area (TPSA) is 84.7 Å². The van der Waals surface area contributed by atoms with Crippen LogP contribution in [0.5, 0.6) is 0 Å². The molecule has 0 saturated carbocycles. The Morgan fingerprint density at radius 1 is 1.12 bits per heavy atom. The molecule has 0 N–H and O–H groups in total. The molecular weight excluding hydrogens is 569 g/mol. The van der Waals surface area contributed by atoms with Crippen molar-refractivity contribution in [2.24, 2.45) is 0 Å². The molecule has 4 atom stereocenters. The van der Waals surface area contributed by atoms with Crippen LogP contribution < -0.4 is 0 Å². The summed E-state index contributed by atoms with van der Waals surface area (Å²) in [6, 6.07) is 7.21. The van der Waals surface area contributed by atoms with Gasteiger partial charge in [-0.25, -0.2) is 9.97 Å². The summed E-state index contributed by atoms with van der Waals surface area (Å²) < 4.78 is 27.1. The van der Waals surface area contributed by atoms with Crippen LogP contribution in [0.4, 0.5) is 0 Å². The van der Waals surface area contributed by atoms with Crippen molar-refractivity contribution < 1.29 is 23.4 Å². The predicted octanol–water partition coefficient (Wildman–Crippen LogP) is 6.99. The second-order valence-electron chi connectivity index (χ2n) is 12.5. The van der Waals surface area contributed by atoms with Crippen molar-refractivity contribution in [2.45, 2.75) is 95.9 Å². The van der Waals surface area contributed by atoms with Crippen LogP contribution in [0.2, 0.25) is 28.3 Å². The Morgan fingerprint density at radius 3 is 2.58 bits per heavy atom. The fourth-order valence-corrected chi connectivity index (χ4v) is 6.60. The van der Waals surface area contributed by atoms with E-state index >= 15 is 0 Å². The lowest BCUT2D eigenvalue weighted by Crippen LogP contribution is -2.41. The highest BCUT2D eigenvalue weighted by molar-refractivity contribution is 6.74. The number of fused-ring (bicyclic) bond motifs is 2. The van der Waals surface area contributed by atoms with E-state index in [1.807, 2.05) is 36.7 Å². The monoisotopic (exact) mass is 605 g/mol. The number of aromatic nitrogens is 3. The van der Waals surface area contributed by atoms with Crippen molar-refractivity contribution in [2.75, 3.05) is 6.61 Å². The number of Topliss-reactive ketones (excluding diaryl/α,β-unsaturated/α-hetero) is 1. The van der Waals surface area contributed by atoms with Crippen LogP contribution in [0.3, 0.4) is 0 Å². The van der Waals surface area contributed by atoms with E-state index in [0.29, 0.717) is 39.8 Å². The Bertz CT molecular complexity index is 1420. The normalized spacial score (nSPS) is 24.5. The van der Waals surface area contributed by atoms with Gasteiger partial charge in [-0.15, -0.1) is 0 Å². The highest BCUT2D eigenvalue weighted by Crippen LogP contribution is 2.45. The van der Waals surface area contributed by atoms with E-state index < -0.39 is 38.6 Å². The van der Waals surface area contributed by atoms with Crippen LogP contribution in [0.25, 0.3) is 11.0 Å². The lowest BCUT2D eigenvalue weighted by Gasteiger charge is -2.36. The van der Waals surface area contributed by atoms with Gasteiger partial charge in [0.1, 0.15) is 29.3 Å². The molecule has 11 heteroatoms. The maximum absolute atomic E-state index is 14.1. The molecule has 0 spiro atoms. The SMILES string of the molecule is CC1(C)O[C@@H]2[C@H](O1)[C@@H](C(=O)c1ccc(Cl)cc1CCCO[Si](C)(C)C(C)(C)C)O[C@H]2n1ccc2c(Cl)ncnc21.